The van der Waals surface area contributed by atoms with Gasteiger partial charge in [0, 0.05) is 6.07 Å². The Kier molecular flexibility index (Phi) is 5.18. The van der Waals surface area contributed by atoms with Gasteiger partial charge in [-0.25, -0.2) is 13.8 Å². The Morgan fingerprint density at radius 3 is 2.74 bits per heavy atom. The first kappa shape index (κ1) is 14.8. The third kappa shape index (κ3) is 3.61. The molecule has 0 aliphatic heterocycles. The number of carbonyl (C=O) groups is 1. The van der Waals surface area contributed by atoms with Crippen LogP contribution in [-0.4, -0.2) is 24.7 Å². The third-order valence-electron chi connectivity index (χ3n) is 2.23. The van der Waals surface area contributed by atoms with Crippen LogP contribution in [0.25, 0.3) is 0 Å². The van der Waals surface area contributed by atoms with E-state index in [0.29, 0.717) is 0 Å². The summed E-state index contributed by atoms with van der Waals surface area (Å²) in [5, 5.41) is 8.84. The lowest BCUT2D eigenvalue weighted by Crippen LogP contribution is -2.11. The van der Waals surface area contributed by atoms with E-state index < -0.39 is 18.1 Å². The number of alkyl halides is 2. The third-order valence-corrected chi connectivity index (χ3v) is 2.23. The van der Waals surface area contributed by atoms with Gasteiger partial charge in [0.25, 0.3) is 6.43 Å². The fourth-order valence-electron chi connectivity index (χ4n) is 1.47. The van der Waals surface area contributed by atoms with E-state index in [1.54, 1.807) is 13.0 Å². The smallest absolute Gasteiger partial charge is 0.311 e. The van der Waals surface area contributed by atoms with E-state index in [1.807, 2.05) is 0 Å². The Labute approximate surface area is 108 Å². The maximum absolute atomic E-state index is 12.8. The number of methoxy groups -OCH3 is 1. The van der Waals surface area contributed by atoms with Crippen LogP contribution in [0.15, 0.2) is 6.07 Å². The molecular formula is C12H12F2N2O3. The molecule has 1 aromatic rings. The quantitative estimate of drug-likeness (QED) is 0.765. The van der Waals surface area contributed by atoms with Gasteiger partial charge in [-0.05, 0) is 6.92 Å². The molecule has 19 heavy (non-hydrogen) atoms. The molecule has 7 heteroatoms. The predicted octanol–water partition coefficient (Wildman–Crippen LogP) is 2.01. The van der Waals surface area contributed by atoms with Crippen molar-refractivity contribution in [3.8, 4) is 11.8 Å². The largest absolute Gasteiger partial charge is 0.495 e. The summed E-state index contributed by atoms with van der Waals surface area (Å²) in [6, 6.07) is 2.90. The molecule has 0 aromatic carbocycles. The predicted molar refractivity (Wildman–Crippen MR) is 60.8 cm³/mol. The highest BCUT2D eigenvalue weighted by molar-refractivity contribution is 5.72. The molecule has 0 unspecified atom stereocenters. The van der Waals surface area contributed by atoms with Crippen LogP contribution in [0.1, 0.15) is 30.3 Å². The van der Waals surface area contributed by atoms with Gasteiger partial charge in [0.05, 0.1) is 25.8 Å². The monoisotopic (exact) mass is 270 g/mol. The number of carbonyl (C=O) groups excluding carboxylic acids is 1. The molecule has 5 nitrogen and oxygen atoms in total. The Hall–Kier alpha value is -2.23. The lowest BCUT2D eigenvalue weighted by Gasteiger charge is -2.10. The van der Waals surface area contributed by atoms with Gasteiger partial charge in [0.1, 0.15) is 23.1 Å². The van der Waals surface area contributed by atoms with E-state index >= 15 is 0 Å². The van der Waals surface area contributed by atoms with Gasteiger partial charge < -0.3 is 9.47 Å². The van der Waals surface area contributed by atoms with E-state index in [4.69, 9.17) is 14.7 Å². The van der Waals surface area contributed by atoms with Crippen LogP contribution in [0.2, 0.25) is 0 Å². The molecule has 102 valence electrons. The van der Waals surface area contributed by atoms with Crippen LogP contribution in [-0.2, 0) is 16.0 Å². The summed E-state index contributed by atoms with van der Waals surface area (Å²) in [6.45, 7) is 1.82. The summed E-state index contributed by atoms with van der Waals surface area (Å²) >= 11 is 0. The van der Waals surface area contributed by atoms with E-state index in [2.05, 4.69) is 4.98 Å². The second-order valence-corrected chi connectivity index (χ2v) is 3.47. The molecule has 0 aliphatic rings. The summed E-state index contributed by atoms with van der Waals surface area (Å²) in [7, 11) is 1.25. The second-order valence-electron chi connectivity index (χ2n) is 3.47. The Morgan fingerprint density at radius 2 is 2.26 bits per heavy atom. The molecule has 0 fully saturated rings. The number of nitrogens with zero attached hydrogens (tertiary/aromatic N) is 2. The van der Waals surface area contributed by atoms with Crippen molar-refractivity contribution < 1.29 is 23.0 Å². The average molecular weight is 270 g/mol. The van der Waals surface area contributed by atoms with Gasteiger partial charge in [-0.3, -0.25) is 4.79 Å². The fraction of sp³-hybridized carbons (Fsp3) is 0.417. The van der Waals surface area contributed by atoms with Crippen LogP contribution in [0.5, 0.6) is 5.75 Å². The Morgan fingerprint density at radius 1 is 1.58 bits per heavy atom. The summed E-state index contributed by atoms with van der Waals surface area (Å²) in [5.74, 6) is -0.617. The number of esters is 1. The molecule has 0 atom stereocenters. The van der Waals surface area contributed by atoms with Gasteiger partial charge in [-0.2, -0.15) is 5.26 Å². The standard InChI is InChI=1S/C12H12F2N2O3/c1-3-19-10(17)5-7-4-9(18-2)8(6-15)11(16-7)12(13)14/h4,12H,3,5H2,1-2H3. The van der Waals surface area contributed by atoms with Gasteiger partial charge in [-0.1, -0.05) is 0 Å². The minimum Gasteiger partial charge on any atom is -0.495 e. The number of rotatable bonds is 5. The second kappa shape index (κ2) is 6.64. The first-order valence-electron chi connectivity index (χ1n) is 5.45. The van der Waals surface area contributed by atoms with Crippen molar-refractivity contribution in [2.24, 2.45) is 0 Å². The minimum absolute atomic E-state index is 0.0351. The van der Waals surface area contributed by atoms with Crippen LogP contribution in [0.4, 0.5) is 8.78 Å². The van der Waals surface area contributed by atoms with Crippen molar-refractivity contribution in [1.29, 1.82) is 5.26 Å². The number of aromatic nitrogens is 1. The molecule has 0 N–H and O–H groups in total. The fourth-order valence-corrected chi connectivity index (χ4v) is 1.47. The topological polar surface area (TPSA) is 72.2 Å². The van der Waals surface area contributed by atoms with Crippen molar-refractivity contribution in [1.82, 2.24) is 4.98 Å². The molecule has 0 saturated carbocycles. The number of hydrogen-bond acceptors (Lipinski definition) is 5. The van der Waals surface area contributed by atoms with Crippen molar-refractivity contribution in [3.63, 3.8) is 0 Å². The molecule has 0 amide bonds. The number of hydrogen-bond donors (Lipinski definition) is 0. The van der Waals surface area contributed by atoms with Gasteiger partial charge in [0.2, 0.25) is 0 Å². The van der Waals surface area contributed by atoms with E-state index in [1.165, 1.54) is 13.2 Å². The molecule has 0 spiro atoms. The molecule has 0 aliphatic carbocycles. The molecule has 1 aromatic heterocycles. The minimum atomic E-state index is -2.93. The summed E-state index contributed by atoms with van der Waals surface area (Å²) < 4.78 is 35.2. The average Bonchev–Trinajstić information content (AvgIpc) is 2.37. The van der Waals surface area contributed by atoms with Crippen molar-refractivity contribution in [3.05, 3.63) is 23.0 Å². The zero-order valence-electron chi connectivity index (χ0n) is 10.4. The number of ether oxygens (including phenoxy) is 2. The SMILES string of the molecule is CCOC(=O)Cc1cc(OC)c(C#N)c(C(F)F)n1. The van der Waals surface area contributed by atoms with Crippen LogP contribution >= 0.6 is 0 Å². The maximum Gasteiger partial charge on any atom is 0.311 e. The van der Waals surface area contributed by atoms with E-state index in [0.717, 1.165) is 0 Å². The lowest BCUT2D eigenvalue weighted by atomic mass is 10.1. The van der Waals surface area contributed by atoms with Gasteiger partial charge >= 0.3 is 5.97 Å². The zero-order chi connectivity index (χ0) is 14.4. The highest BCUT2D eigenvalue weighted by Crippen LogP contribution is 2.28. The highest BCUT2D eigenvalue weighted by Gasteiger charge is 2.21. The molecule has 0 bridgehead atoms. The van der Waals surface area contributed by atoms with Crippen molar-refractivity contribution in [2.45, 2.75) is 19.8 Å². The first-order chi connectivity index (χ1) is 9.03. The molecule has 1 heterocycles. The maximum atomic E-state index is 12.8. The normalized spacial score (nSPS) is 10.1. The summed E-state index contributed by atoms with van der Waals surface area (Å²) in [5.41, 5.74) is -0.948. The Balaban J connectivity index is 3.18. The van der Waals surface area contributed by atoms with Crippen molar-refractivity contribution in [2.75, 3.05) is 13.7 Å². The first-order valence-corrected chi connectivity index (χ1v) is 5.45. The van der Waals surface area contributed by atoms with Crippen LogP contribution in [0, 0.1) is 11.3 Å². The number of halogens is 2. The molecular weight excluding hydrogens is 258 g/mol. The summed E-state index contributed by atoms with van der Waals surface area (Å²) in [6.07, 6.45) is -3.18. The number of pyridine rings is 1. The molecule has 0 radical (unpaired) electrons. The Bertz CT molecular complexity index is 512. The van der Waals surface area contributed by atoms with Crippen LogP contribution < -0.4 is 4.74 Å². The lowest BCUT2D eigenvalue weighted by molar-refractivity contribution is -0.142. The molecule has 1 rings (SSSR count). The van der Waals surface area contributed by atoms with Crippen LogP contribution in [0.3, 0.4) is 0 Å². The zero-order valence-corrected chi connectivity index (χ0v) is 10.4. The number of nitriles is 1. The highest BCUT2D eigenvalue weighted by atomic mass is 19.3. The van der Waals surface area contributed by atoms with E-state index in [9.17, 15) is 13.6 Å². The summed E-state index contributed by atoms with van der Waals surface area (Å²) in [4.78, 5) is 14.9. The molecule has 0 saturated heterocycles. The van der Waals surface area contributed by atoms with E-state index in [-0.39, 0.29) is 30.0 Å². The van der Waals surface area contributed by atoms with Crippen molar-refractivity contribution >= 4 is 5.97 Å². The van der Waals surface area contributed by atoms with Gasteiger partial charge in [0.15, 0.2) is 0 Å². The van der Waals surface area contributed by atoms with Gasteiger partial charge in [-0.15, -0.1) is 0 Å².